The number of hydrogen-bond acceptors (Lipinski definition) is 4. The molecule has 1 N–H and O–H groups in total. The van der Waals surface area contributed by atoms with Gasteiger partial charge in [0.1, 0.15) is 6.04 Å². The molecule has 23 heavy (non-hydrogen) atoms. The van der Waals surface area contributed by atoms with Crippen LogP contribution in [-0.4, -0.2) is 40.9 Å². The van der Waals surface area contributed by atoms with Crippen LogP contribution >= 0.6 is 11.8 Å². The molecule has 3 rings (SSSR count). The maximum Gasteiger partial charge on any atom is 0.290 e. The topological polar surface area (TPSA) is 62.6 Å². The highest BCUT2D eigenvalue weighted by Crippen LogP contribution is 2.23. The Morgan fingerprint density at radius 2 is 2.04 bits per heavy atom. The van der Waals surface area contributed by atoms with Crippen molar-refractivity contribution in [3.63, 3.8) is 0 Å². The zero-order valence-corrected chi connectivity index (χ0v) is 13.4. The van der Waals surface area contributed by atoms with Gasteiger partial charge in [-0.2, -0.15) is 0 Å². The predicted octanol–water partition coefficient (Wildman–Crippen LogP) is 2.15. The lowest BCUT2D eigenvalue weighted by molar-refractivity contribution is -0.124. The van der Waals surface area contributed by atoms with Crippen LogP contribution in [0.2, 0.25) is 0 Å². The summed E-state index contributed by atoms with van der Waals surface area (Å²) in [5.74, 6) is 1.06. The van der Waals surface area contributed by atoms with E-state index in [1.54, 1.807) is 28.8 Å². The Bertz CT molecular complexity index is 658. The Morgan fingerprint density at radius 3 is 2.78 bits per heavy atom. The molecular formula is C17H18N2O3S. The van der Waals surface area contributed by atoms with Crippen molar-refractivity contribution in [3.8, 4) is 0 Å². The van der Waals surface area contributed by atoms with Crippen LogP contribution in [0.25, 0.3) is 0 Å². The maximum absolute atomic E-state index is 12.4. The molecule has 0 saturated carbocycles. The van der Waals surface area contributed by atoms with E-state index < -0.39 is 6.04 Å². The largest absolute Gasteiger partial charge is 0.459 e. The van der Waals surface area contributed by atoms with E-state index in [-0.39, 0.29) is 17.6 Å². The summed E-state index contributed by atoms with van der Waals surface area (Å²) in [6.07, 6.45) is 2.24. The lowest BCUT2D eigenvalue weighted by Crippen LogP contribution is -2.47. The Morgan fingerprint density at radius 1 is 1.22 bits per heavy atom. The quantitative estimate of drug-likeness (QED) is 0.912. The molecule has 5 nitrogen and oxygen atoms in total. The van der Waals surface area contributed by atoms with E-state index in [1.165, 1.54) is 11.8 Å². The zero-order chi connectivity index (χ0) is 16.1. The molecule has 2 aromatic rings. The molecule has 0 spiro atoms. The first-order valence-electron chi connectivity index (χ1n) is 7.49. The predicted molar refractivity (Wildman–Crippen MR) is 89.1 cm³/mol. The first kappa shape index (κ1) is 15.7. The molecule has 1 aliphatic rings. The normalized spacial score (nSPS) is 17.2. The molecule has 0 aliphatic carbocycles. The lowest BCUT2D eigenvalue weighted by atomic mass is 10.1. The molecule has 1 aromatic heterocycles. The molecule has 1 aliphatic heterocycles. The summed E-state index contributed by atoms with van der Waals surface area (Å²) in [5, 5.41) is 2.93. The van der Waals surface area contributed by atoms with Gasteiger partial charge in [-0.3, -0.25) is 9.59 Å². The summed E-state index contributed by atoms with van der Waals surface area (Å²) in [4.78, 5) is 26.3. The first-order chi connectivity index (χ1) is 11.3. The van der Waals surface area contributed by atoms with Crippen molar-refractivity contribution in [2.24, 2.45) is 0 Å². The Hall–Kier alpha value is -2.21. The third-order valence-electron chi connectivity index (χ3n) is 3.73. The van der Waals surface area contributed by atoms with E-state index in [0.717, 1.165) is 6.42 Å². The Balaban J connectivity index is 1.55. The molecular weight excluding hydrogens is 312 g/mol. The van der Waals surface area contributed by atoms with Gasteiger partial charge in [0.2, 0.25) is 5.91 Å². The minimum absolute atomic E-state index is 0.106. The highest BCUT2D eigenvalue weighted by Gasteiger charge is 2.35. The van der Waals surface area contributed by atoms with E-state index >= 15 is 0 Å². The number of carbonyl (C=O) groups excluding carboxylic acids is 2. The third kappa shape index (κ3) is 3.76. The van der Waals surface area contributed by atoms with Crippen molar-refractivity contribution in [2.75, 3.05) is 18.2 Å². The Kier molecular flexibility index (Phi) is 5.02. The van der Waals surface area contributed by atoms with E-state index in [9.17, 15) is 9.59 Å². The summed E-state index contributed by atoms with van der Waals surface area (Å²) in [6, 6.07) is 12.8. The standard InChI is InChI=1S/C17H18N2O3S/c20-16(18-9-8-13-5-2-1-3-6-13)14-11-23-12-19(14)17(21)15-7-4-10-22-15/h1-7,10,14H,8-9,11-12H2,(H,18,20). The SMILES string of the molecule is O=C(NCCc1ccccc1)C1CSCN1C(=O)c1ccco1. The minimum atomic E-state index is -0.437. The molecule has 1 unspecified atom stereocenters. The van der Waals surface area contributed by atoms with Gasteiger partial charge in [0.05, 0.1) is 12.1 Å². The van der Waals surface area contributed by atoms with Gasteiger partial charge in [-0.15, -0.1) is 11.8 Å². The number of carbonyl (C=O) groups is 2. The molecule has 1 atom stereocenters. The average Bonchev–Trinajstić information content (AvgIpc) is 3.27. The van der Waals surface area contributed by atoms with Gasteiger partial charge in [-0.05, 0) is 24.1 Å². The number of nitrogens with zero attached hydrogens (tertiary/aromatic N) is 1. The van der Waals surface area contributed by atoms with Crippen LogP contribution in [0.1, 0.15) is 16.1 Å². The van der Waals surface area contributed by atoms with E-state index in [1.807, 2.05) is 30.3 Å². The molecule has 1 fully saturated rings. The third-order valence-corrected chi connectivity index (χ3v) is 4.75. The number of amides is 2. The van der Waals surface area contributed by atoms with Gasteiger partial charge in [0, 0.05) is 12.3 Å². The fourth-order valence-electron chi connectivity index (χ4n) is 2.49. The molecule has 6 heteroatoms. The second kappa shape index (κ2) is 7.37. The van der Waals surface area contributed by atoms with Crippen LogP contribution in [0.4, 0.5) is 0 Å². The average molecular weight is 330 g/mol. The summed E-state index contributed by atoms with van der Waals surface area (Å²) in [5.41, 5.74) is 1.18. The van der Waals surface area contributed by atoms with Crippen molar-refractivity contribution in [1.82, 2.24) is 10.2 Å². The van der Waals surface area contributed by atoms with Gasteiger partial charge in [0.25, 0.3) is 5.91 Å². The van der Waals surface area contributed by atoms with Crippen molar-refractivity contribution in [3.05, 3.63) is 60.1 Å². The Labute approximate surface area is 139 Å². The van der Waals surface area contributed by atoms with Crippen LogP contribution < -0.4 is 5.32 Å². The van der Waals surface area contributed by atoms with Gasteiger partial charge in [0.15, 0.2) is 5.76 Å². The summed E-state index contributed by atoms with van der Waals surface area (Å²) in [7, 11) is 0. The van der Waals surface area contributed by atoms with E-state index in [0.29, 0.717) is 18.2 Å². The molecule has 1 aromatic carbocycles. The van der Waals surface area contributed by atoms with Crippen LogP contribution in [0.15, 0.2) is 53.1 Å². The first-order valence-corrected chi connectivity index (χ1v) is 8.65. The monoisotopic (exact) mass is 330 g/mol. The highest BCUT2D eigenvalue weighted by molar-refractivity contribution is 7.99. The van der Waals surface area contributed by atoms with Crippen LogP contribution in [0.3, 0.4) is 0 Å². The van der Waals surface area contributed by atoms with Gasteiger partial charge in [-0.1, -0.05) is 30.3 Å². The molecule has 2 amide bonds. The van der Waals surface area contributed by atoms with Crippen molar-refractivity contribution in [1.29, 1.82) is 0 Å². The number of benzene rings is 1. The fourth-order valence-corrected chi connectivity index (χ4v) is 3.65. The van der Waals surface area contributed by atoms with Crippen molar-refractivity contribution < 1.29 is 14.0 Å². The number of thioether (sulfide) groups is 1. The minimum Gasteiger partial charge on any atom is -0.459 e. The van der Waals surface area contributed by atoms with E-state index in [4.69, 9.17) is 4.42 Å². The molecule has 1 saturated heterocycles. The number of nitrogens with one attached hydrogen (secondary N) is 1. The van der Waals surface area contributed by atoms with Crippen molar-refractivity contribution in [2.45, 2.75) is 12.5 Å². The van der Waals surface area contributed by atoms with Crippen LogP contribution in [0.5, 0.6) is 0 Å². The van der Waals surface area contributed by atoms with Gasteiger partial charge >= 0.3 is 0 Å². The van der Waals surface area contributed by atoms with Crippen molar-refractivity contribution >= 4 is 23.6 Å². The second-order valence-electron chi connectivity index (χ2n) is 5.29. The summed E-state index contributed by atoms with van der Waals surface area (Å²) < 4.78 is 5.14. The fraction of sp³-hybridized carbons (Fsp3) is 0.294. The number of furan rings is 1. The van der Waals surface area contributed by atoms with Gasteiger partial charge in [-0.25, -0.2) is 0 Å². The zero-order valence-electron chi connectivity index (χ0n) is 12.6. The number of hydrogen-bond donors (Lipinski definition) is 1. The van der Waals surface area contributed by atoms with E-state index in [2.05, 4.69) is 5.32 Å². The smallest absolute Gasteiger partial charge is 0.290 e. The molecule has 120 valence electrons. The lowest BCUT2D eigenvalue weighted by Gasteiger charge is -2.22. The molecule has 2 heterocycles. The van der Waals surface area contributed by atoms with Crippen LogP contribution in [-0.2, 0) is 11.2 Å². The number of rotatable bonds is 5. The van der Waals surface area contributed by atoms with Gasteiger partial charge < -0.3 is 14.6 Å². The summed E-state index contributed by atoms with van der Waals surface area (Å²) >= 11 is 1.58. The molecule has 0 radical (unpaired) electrons. The highest BCUT2D eigenvalue weighted by atomic mass is 32.2. The van der Waals surface area contributed by atoms with Crippen LogP contribution in [0, 0.1) is 0 Å². The second-order valence-corrected chi connectivity index (χ2v) is 6.29. The molecule has 0 bridgehead atoms. The maximum atomic E-state index is 12.4. The summed E-state index contributed by atoms with van der Waals surface area (Å²) in [6.45, 7) is 0.562.